The van der Waals surface area contributed by atoms with Gasteiger partial charge in [-0.05, 0) is 35.8 Å². The van der Waals surface area contributed by atoms with Crippen molar-refractivity contribution >= 4 is 28.4 Å². The summed E-state index contributed by atoms with van der Waals surface area (Å²) in [7, 11) is 0. The first kappa shape index (κ1) is 22.5. The largest absolute Gasteiger partial charge is 0.338 e. The maximum Gasteiger partial charge on any atom is 0.330 e. The number of hydrogen-bond donors (Lipinski definition) is 1. The monoisotopic (exact) mass is 457 g/mol. The molecule has 1 aliphatic rings. The average molecular weight is 458 g/mol. The summed E-state index contributed by atoms with van der Waals surface area (Å²) in [6.45, 7) is 8.74. The first-order chi connectivity index (χ1) is 15.4. The van der Waals surface area contributed by atoms with Gasteiger partial charge in [-0.3, -0.25) is 19.1 Å². The van der Waals surface area contributed by atoms with Crippen molar-refractivity contribution in [3.05, 3.63) is 48.5 Å². The summed E-state index contributed by atoms with van der Waals surface area (Å²) in [5, 5.41) is 2.09. The van der Waals surface area contributed by atoms with Gasteiger partial charge in [0, 0.05) is 43.9 Å². The number of aromatic nitrogens is 4. The summed E-state index contributed by atoms with van der Waals surface area (Å²) in [5.74, 6) is 1.08. The molecule has 4 heterocycles. The molecule has 8 nitrogen and oxygen atoms in total. The second-order valence-corrected chi connectivity index (χ2v) is 9.90. The Morgan fingerprint density at radius 1 is 1.28 bits per heavy atom. The van der Waals surface area contributed by atoms with E-state index in [1.807, 2.05) is 9.47 Å². The van der Waals surface area contributed by atoms with E-state index in [0.717, 1.165) is 25.8 Å². The predicted octanol–water partition coefficient (Wildman–Crippen LogP) is 2.92. The van der Waals surface area contributed by atoms with Crippen LogP contribution in [-0.4, -0.2) is 36.5 Å². The lowest BCUT2D eigenvalue weighted by atomic mass is 10.1. The van der Waals surface area contributed by atoms with E-state index in [9.17, 15) is 14.4 Å². The van der Waals surface area contributed by atoms with Crippen LogP contribution >= 0.6 is 11.3 Å². The van der Waals surface area contributed by atoms with Gasteiger partial charge >= 0.3 is 5.69 Å². The fourth-order valence-corrected chi connectivity index (χ4v) is 5.22. The second-order valence-electron chi connectivity index (χ2n) is 8.90. The third-order valence-corrected chi connectivity index (χ3v) is 6.99. The molecule has 1 amide bonds. The number of nitrogens with one attached hydrogen (secondary N) is 1. The van der Waals surface area contributed by atoms with E-state index in [1.54, 1.807) is 15.9 Å². The number of nitrogens with zero attached hydrogens (tertiary/aromatic N) is 4. The zero-order valence-corrected chi connectivity index (χ0v) is 19.8. The molecule has 3 aromatic heterocycles. The summed E-state index contributed by atoms with van der Waals surface area (Å²) >= 11 is 1.76. The highest BCUT2D eigenvalue weighted by atomic mass is 32.1. The van der Waals surface area contributed by atoms with Crippen molar-refractivity contribution in [2.45, 2.75) is 72.5 Å². The lowest BCUT2D eigenvalue weighted by Gasteiger charge is -2.27. The van der Waals surface area contributed by atoms with Crippen molar-refractivity contribution in [1.29, 1.82) is 0 Å². The van der Waals surface area contributed by atoms with Crippen LogP contribution in [0.2, 0.25) is 0 Å². The molecule has 0 aliphatic carbocycles. The molecule has 4 rings (SSSR count). The first-order valence-electron chi connectivity index (χ1n) is 11.4. The number of carbonyl (C=O) groups is 1. The molecule has 1 N–H and O–H groups in total. The van der Waals surface area contributed by atoms with Crippen LogP contribution in [0, 0.1) is 5.92 Å². The normalized spacial score (nSPS) is 13.8. The molecule has 0 saturated heterocycles. The van der Waals surface area contributed by atoms with Crippen LogP contribution in [0.5, 0.6) is 0 Å². The van der Waals surface area contributed by atoms with Crippen LogP contribution in [0.15, 0.2) is 21.0 Å². The summed E-state index contributed by atoms with van der Waals surface area (Å²) in [6.07, 6.45) is 3.44. The van der Waals surface area contributed by atoms with Crippen LogP contribution in [0.1, 0.15) is 56.3 Å². The van der Waals surface area contributed by atoms with Gasteiger partial charge in [-0.15, -0.1) is 11.3 Å². The molecular formula is C23H31N5O3S. The molecule has 0 bridgehead atoms. The number of aromatic amines is 1. The SMILES string of the molecule is CCCCn1c(=O)[nH]c(=O)c2c1nc(CCC(=O)N1CCc3sccc3C1)n2CC(C)C. The molecule has 9 heteroatoms. The van der Waals surface area contributed by atoms with E-state index in [2.05, 4.69) is 37.2 Å². The van der Waals surface area contributed by atoms with Crippen molar-refractivity contribution in [2.24, 2.45) is 5.92 Å². The van der Waals surface area contributed by atoms with E-state index in [4.69, 9.17) is 4.98 Å². The quantitative estimate of drug-likeness (QED) is 0.563. The number of H-pyrrole nitrogens is 1. The Bertz CT molecular complexity index is 1230. The molecule has 32 heavy (non-hydrogen) atoms. The summed E-state index contributed by atoms with van der Waals surface area (Å²) in [4.78, 5) is 48.6. The molecule has 3 aromatic rings. The molecule has 0 saturated carbocycles. The van der Waals surface area contributed by atoms with Crippen LogP contribution < -0.4 is 11.2 Å². The maximum atomic E-state index is 13.0. The highest BCUT2D eigenvalue weighted by molar-refractivity contribution is 7.10. The molecule has 0 atom stereocenters. The first-order valence-corrected chi connectivity index (χ1v) is 12.3. The van der Waals surface area contributed by atoms with E-state index >= 15 is 0 Å². The van der Waals surface area contributed by atoms with Gasteiger partial charge in [-0.25, -0.2) is 9.78 Å². The number of amides is 1. The van der Waals surface area contributed by atoms with Gasteiger partial charge in [0.15, 0.2) is 11.2 Å². The summed E-state index contributed by atoms with van der Waals surface area (Å²) in [6, 6.07) is 2.10. The molecule has 0 radical (unpaired) electrons. The fourth-order valence-electron chi connectivity index (χ4n) is 4.33. The van der Waals surface area contributed by atoms with Crippen LogP contribution in [0.25, 0.3) is 11.2 Å². The third-order valence-electron chi connectivity index (χ3n) is 5.97. The number of thiophene rings is 1. The van der Waals surface area contributed by atoms with Crippen molar-refractivity contribution < 1.29 is 4.79 Å². The Hall–Kier alpha value is -2.68. The van der Waals surface area contributed by atoms with E-state index in [0.29, 0.717) is 49.5 Å². The molecule has 0 spiro atoms. The van der Waals surface area contributed by atoms with Gasteiger partial charge in [-0.2, -0.15) is 0 Å². The number of aryl methyl sites for hydroxylation is 2. The molecule has 0 unspecified atom stereocenters. The minimum atomic E-state index is -0.423. The van der Waals surface area contributed by atoms with Crippen molar-refractivity contribution in [1.82, 2.24) is 24.0 Å². The van der Waals surface area contributed by atoms with E-state index in [1.165, 1.54) is 10.4 Å². The molecule has 0 aromatic carbocycles. The zero-order valence-electron chi connectivity index (χ0n) is 19.0. The van der Waals surface area contributed by atoms with Crippen molar-refractivity contribution in [3.8, 4) is 0 Å². The summed E-state index contributed by atoms with van der Waals surface area (Å²) < 4.78 is 3.46. The number of rotatable bonds is 8. The van der Waals surface area contributed by atoms with Crippen LogP contribution in [-0.2, 0) is 37.3 Å². The smallest absolute Gasteiger partial charge is 0.330 e. The van der Waals surface area contributed by atoms with Gasteiger partial charge in [0.25, 0.3) is 5.56 Å². The highest BCUT2D eigenvalue weighted by Crippen LogP contribution is 2.25. The number of carbonyl (C=O) groups excluding carboxylic acids is 1. The van der Waals surface area contributed by atoms with Gasteiger partial charge in [-0.1, -0.05) is 27.2 Å². The minimum Gasteiger partial charge on any atom is -0.338 e. The number of hydrogen-bond acceptors (Lipinski definition) is 5. The Morgan fingerprint density at radius 3 is 2.84 bits per heavy atom. The Labute approximate surface area is 190 Å². The second kappa shape index (κ2) is 9.44. The van der Waals surface area contributed by atoms with Gasteiger partial charge in [0.05, 0.1) is 0 Å². The molecule has 172 valence electrons. The topological polar surface area (TPSA) is 93.0 Å². The lowest BCUT2D eigenvalue weighted by Crippen LogP contribution is -2.35. The third kappa shape index (κ3) is 4.44. The zero-order chi connectivity index (χ0) is 22.8. The maximum absolute atomic E-state index is 13.0. The van der Waals surface area contributed by atoms with Gasteiger partial charge < -0.3 is 9.47 Å². The van der Waals surface area contributed by atoms with Gasteiger partial charge in [0.1, 0.15) is 5.82 Å². The van der Waals surface area contributed by atoms with Crippen LogP contribution in [0.3, 0.4) is 0 Å². The van der Waals surface area contributed by atoms with E-state index < -0.39 is 11.2 Å². The molecule has 1 aliphatic heterocycles. The standard InChI is InChI=1S/C23H31N5O3S/c1-4-5-10-27-21-20(22(30)25-23(27)31)28(13-15(2)3)18(24-21)6-7-19(29)26-11-8-17-16(14-26)9-12-32-17/h9,12,15H,4-8,10-11,13-14H2,1-3H3,(H,25,30,31). The molecule has 0 fully saturated rings. The van der Waals surface area contributed by atoms with E-state index in [-0.39, 0.29) is 11.8 Å². The highest BCUT2D eigenvalue weighted by Gasteiger charge is 2.23. The average Bonchev–Trinajstić information content (AvgIpc) is 3.36. The Kier molecular flexibility index (Phi) is 6.64. The summed E-state index contributed by atoms with van der Waals surface area (Å²) in [5.41, 5.74) is 1.26. The Morgan fingerprint density at radius 2 is 2.09 bits per heavy atom. The van der Waals surface area contributed by atoms with Crippen molar-refractivity contribution in [2.75, 3.05) is 6.54 Å². The number of fused-ring (bicyclic) bond motifs is 2. The Balaban J connectivity index is 1.62. The fraction of sp³-hybridized carbons (Fsp3) is 0.565. The lowest BCUT2D eigenvalue weighted by molar-refractivity contribution is -0.132. The van der Waals surface area contributed by atoms with Gasteiger partial charge in [0.2, 0.25) is 5.91 Å². The molecular weight excluding hydrogens is 426 g/mol. The predicted molar refractivity (Wildman–Crippen MR) is 126 cm³/mol. The number of unbranched alkanes of at least 4 members (excludes halogenated alkanes) is 1. The van der Waals surface area contributed by atoms with Crippen molar-refractivity contribution in [3.63, 3.8) is 0 Å². The van der Waals surface area contributed by atoms with Crippen LogP contribution in [0.4, 0.5) is 0 Å². The minimum absolute atomic E-state index is 0.0993. The number of imidazole rings is 1.